The molecule has 7 nitrogen and oxygen atoms in total. The lowest BCUT2D eigenvalue weighted by molar-refractivity contribution is -0.113. The number of nitrogens with zero attached hydrogens (tertiary/aromatic N) is 3. The van der Waals surface area contributed by atoms with Crippen LogP contribution in [0.2, 0.25) is 0 Å². The summed E-state index contributed by atoms with van der Waals surface area (Å²) in [5.41, 5.74) is 2.95. The van der Waals surface area contributed by atoms with Gasteiger partial charge in [0.1, 0.15) is 5.75 Å². The minimum absolute atomic E-state index is 0.135. The van der Waals surface area contributed by atoms with Crippen molar-refractivity contribution in [3.05, 3.63) is 48.0 Å². The zero-order valence-electron chi connectivity index (χ0n) is 15.6. The number of aryl methyl sites for hydroxylation is 1. The lowest BCUT2D eigenvalue weighted by Crippen LogP contribution is -2.13. The molecule has 2 heterocycles. The topological polar surface area (TPSA) is 89.0 Å². The molecule has 10 heteroatoms. The fraction of sp³-hybridized carbons (Fsp3) is 0.158. The third-order valence-electron chi connectivity index (χ3n) is 3.96. The maximum Gasteiger partial charge on any atom is 0.236 e. The average molecular weight is 444 g/mol. The summed E-state index contributed by atoms with van der Waals surface area (Å²) in [6.07, 6.45) is 0. The van der Waals surface area contributed by atoms with Crippen molar-refractivity contribution in [3.8, 4) is 5.75 Å². The Kier molecular flexibility index (Phi) is 5.93. The predicted molar refractivity (Wildman–Crippen MR) is 120 cm³/mol. The zero-order valence-corrected chi connectivity index (χ0v) is 18.1. The molecule has 0 aliphatic rings. The summed E-state index contributed by atoms with van der Waals surface area (Å²) < 4.78 is 6.91. The third-order valence-corrected chi connectivity index (χ3v) is 6.87. The van der Waals surface area contributed by atoms with E-state index < -0.39 is 0 Å². The standard InChI is InChI=1S/C19H17N5O2S3/c1-11-5-3-4-6-13(11)20-18-23-24-19(29-18)27-10-16(25)22-17-21-14-8-7-12(26-2)9-15(14)28-17/h3-9H,10H2,1-2H3,(H,20,23)(H,21,22,25). The normalized spacial score (nSPS) is 10.8. The van der Waals surface area contributed by atoms with Crippen molar-refractivity contribution >= 4 is 66.5 Å². The molecule has 0 aliphatic heterocycles. The number of carbonyl (C=O) groups excluding carboxylic acids is 1. The number of methoxy groups -OCH3 is 1. The van der Waals surface area contributed by atoms with Crippen LogP contribution in [0.15, 0.2) is 46.8 Å². The Morgan fingerprint density at radius 1 is 1.14 bits per heavy atom. The number of amides is 1. The van der Waals surface area contributed by atoms with Crippen LogP contribution in [0.1, 0.15) is 5.56 Å². The predicted octanol–water partition coefficient (Wildman–Crippen LogP) is 4.94. The van der Waals surface area contributed by atoms with Crippen molar-refractivity contribution < 1.29 is 9.53 Å². The van der Waals surface area contributed by atoms with E-state index in [1.54, 1.807) is 7.11 Å². The van der Waals surface area contributed by atoms with Crippen LogP contribution in [0.25, 0.3) is 10.2 Å². The Balaban J connectivity index is 1.33. The number of hydrogen-bond acceptors (Lipinski definition) is 9. The van der Waals surface area contributed by atoms with Crippen LogP contribution in [0.4, 0.5) is 16.0 Å². The molecule has 0 bridgehead atoms. The molecule has 148 valence electrons. The van der Waals surface area contributed by atoms with Crippen molar-refractivity contribution in [2.75, 3.05) is 23.5 Å². The number of carbonyl (C=O) groups is 1. The largest absolute Gasteiger partial charge is 0.497 e. The Hall–Kier alpha value is -2.69. The molecule has 0 fully saturated rings. The molecule has 4 rings (SSSR count). The van der Waals surface area contributed by atoms with Crippen LogP contribution in [0, 0.1) is 6.92 Å². The highest BCUT2D eigenvalue weighted by molar-refractivity contribution is 8.01. The second kappa shape index (κ2) is 8.76. The van der Waals surface area contributed by atoms with Gasteiger partial charge in [-0.25, -0.2) is 4.98 Å². The van der Waals surface area contributed by atoms with Crippen LogP contribution >= 0.6 is 34.4 Å². The summed E-state index contributed by atoms with van der Waals surface area (Å²) in [6.45, 7) is 2.03. The van der Waals surface area contributed by atoms with E-state index in [9.17, 15) is 4.79 Å². The molecule has 2 aromatic heterocycles. The number of ether oxygens (including phenoxy) is 1. The van der Waals surface area contributed by atoms with Gasteiger partial charge in [0.05, 0.1) is 23.1 Å². The summed E-state index contributed by atoms with van der Waals surface area (Å²) in [6, 6.07) is 13.6. The Bertz CT molecular complexity index is 1160. The maximum absolute atomic E-state index is 12.3. The molecule has 4 aromatic rings. The van der Waals surface area contributed by atoms with Gasteiger partial charge in [-0.15, -0.1) is 10.2 Å². The van der Waals surface area contributed by atoms with Gasteiger partial charge in [-0.3, -0.25) is 4.79 Å². The summed E-state index contributed by atoms with van der Waals surface area (Å²) in [5.74, 6) is 0.865. The average Bonchev–Trinajstić information content (AvgIpc) is 3.33. The van der Waals surface area contributed by atoms with Crippen LogP contribution in [0.5, 0.6) is 5.75 Å². The molecule has 1 amide bonds. The number of anilines is 3. The number of hydrogen-bond donors (Lipinski definition) is 2. The van der Waals surface area contributed by atoms with E-state index in [0.29, 0.717) is 10.3 Å². The Morgan fingerprint density at radius 3 is 2.83 bits per heavy atom. The first-order valence-electron chi connectivity index (χ1n) is 8.64. The summed E-state index contributed by atoms with van der Waals surface area (Å²) in [4.78, 5) is 16.7. The van der Waals surface area contributed by atoms with Crippen molar-refractivity contribution in [1.82, 2.24) is 15.2 Å². The number of fused-ring (bicyclic) bond motifs is 1. The maximum atomic E-state index is 12.3. The monoisotopic (exact) mass is 443 g/mol. The first-order valence-corrected chi connectivity index (χ1v) is 11.3. The number of benzene rings is 2. The highest BCUT2D eigenvalue weighted by atomic mass is 32.2. The van der Waals surface area contributed by atoms with Crippen molar-refractivity contribution in [2.24, 2.45) is 0 Å². The lowest BCUT2D eigenvalue weighted by atomic mass is 10.2. The van der Waals surface area contributed by atoms with Gasteiger partial charge >= 0.3 is 0 Å². The Labute approximate surface area is 179 Å². The molecule has 29 heavy (non-hydrogen) atoms. The number of rotatable bonds is 7. The van der Waals surface area contributed by atoms with Crippen LogP contribution in [0.3, 0.4) is 0 Å². The van der Waals surface area contributed by atoms with Gasteiger partial charge in [0.15, 0.2) is 9.47 Å². The molecule has 2 aromatic carbocycles. The highest BCUT2D eigenvalue weighted by Gasteiger charge is 2.12. The molecule has 0 aliphatic carbocycles. The van der Waals surface area contributed by atoms with Crippen LogP contribution in [-0.4, -0.2) is 34.0 Å². The van der Waals surface area contributed by atoms with Gasteiger partial charge in [-0.1, -0.05) is 52.6 Å². The van der Waals surface area contributed by atoms with Crippen molar-refractivity contribution in [3.63, 3.8) is 0 Å². The SMILES string of the molecule is COc1ccc2nc(NC(=O)CSc3nnc(Nc4ccccc4C)s3)sc2c1. The third kappa shape index (κ3) is 4.84. The molecule has 0 spiro atoms. The molecule has 0 atom stereocenters. The molecular formula is C19H17N5O2S3. The van der Waals surface area contributed by atoms with Crippen LogP contribution < -0.4 is 15.4 Å². The first kappa shape index (κ1) is 19.6. The van der Waals surface area contributed by atoms with Crippen molar-refractivity contribution in [1.29, 1.82) is 0 Å². The van der Waals surface area contributed by atoms with Gasteiger partial charge < -0.3 is 15.4 Å². The van der Waals surface area contributed by atoms with E-state index in [1.165, 1.54) is 34.4 Å². The van der Waals surface area contributed by atoms with Gasteiger partial charge in [-0.2, -0.15) is 0 Å². The first-order chi connectivity index (χ1) is 14.1. The summed E-state index contributed by atoms with van der Waals surface area (Å²) in [7, 11) is 1.62. The van der Waals surface area contributed by atoms with Gasteiger partial charge in [0.2, 0.25) is 11.0 Å². The zero-order chi connectivity index (χ0) is 20.2. The number of aromatic nitrogens is 3. The molecule has 0 saturated carbocycles. The molecular weight excluding hydrogens is 426 g/mol. The minimum atomic E-state index is -0.135. The summed E-state index contributed by atoms with van der Waals surface area (Å²) in [5, 5.41) is 15.6. The van der Waals surface area contributed by atoms with Gasteiger partial charge in [-0.05, 0) is 36.8 Å². The Morgan fingerprint density at radius 2 is 2.00 bits per heavy atom. The molecule has 0 unspecified atom stereocenters. The lowest BCUT2D eigenvalue weighted by Gasteiger charge is -2.04. The smallest absolute Gasteiger partial charge is 0.236 e. The second-order valence-corrected chi connectivity index (χ2v) is 9.23. The fourth-order valence-electron chi connectivity index (χ4n) is 2.51. The van der Waals surface area contributed by atoms with E-state index in [1.807, 2.05) is 49.4 Å². The van der Waals surface area contributed by atoms with E-state index in [0.717, 1.165) is 31.6 Å². The second-order valence-electron chi connectivity index (χ2n) is 6.00. The van der Waals surface area contributed by atoms with Gasteiger partial charge in [0, 0.05) is 5.69 Å². The quantitative estimate of drug-likeness (QED) is 0.391. The molecule has 0 saturated heterocycles. The van der Waals surface area contributed by atoms with E-state index in [2.05, 4.69) is 25.8 Å². The molecule has 2 N–H and O–H groups in total. The highest BCUT2D eigenvalue weighted by Crippen LogP contribution is 2.31. The van der Waals surface area contributed by atoms with E-state index in [-0.39, 0.29) is 11.7 Å². The number of thioether (sulfide) groups is 1. The number of para-hydroxylation sites is 1. The van der Waals surface area contributed by atoms with E-state index >= 15 is 0 Å². The van der Waals surface area contributed by atoms with Crippen LogP contribution in [-0.2, 0) is 4.79 Å². The minimum Gasteiger partial charge on any atom is -0.497 e. The summed E-state index contributed by atoms with van der Waals surface area (Å²) >= 11 is 4.18. The van der Waals surface area contributed by atoms with E-state index in [4.69, 9.17) is 4.74 Å². The molecule has 0 radical (unpaired) electrons. The fourth-order valence-corrected chi connectivity index (χ4v) is 4.99. The number of nitrogens with one attached hydrogen (secondary N) is 2. The number of thiazole rings is 1. The van der Waals surface area contributed by atoms with Crippen molar-refractivity contribution in [2.45, 2.75) is 11.3 Å². The van der Waals surface area contributed by atoms with Gasteiger partial charge in [0.25, 0.3) is 0 Å².